The molecular formula is C20H29N5O. The fourth-order valence-corrected chi connectivity index (χ4v) is 3.96. The second-order valence-corrected chi connectivity index (χ2v) is 8.54. The van der Waals surface area contributed by atoms with Gasteiger partial charge in [-0.2, -0.15) is 5.21 Å². The van der Waals surface area contributed by atoms with Crippen molar-refractivity contribution < 1.29 is 4.79 Å². The molecule has 1 fully saturated rings. The average molecular weight is 355 g/mol. The van der Waals surface area contributed by atoms with Crippen molar-refractivity contribution in [1.82, 2.24) is 25.5 Å². The smallest absolute Gasteiger partial charge is 0.225 e. The molecule has 2 aromatic rings. The molecule has 1 heterocycles. The van der Waals surface area contributed by atoms with Gasteiger partial charge in [-0.3, -0.25) is 4.79 Å². The minimum Gasteiger partial charge on any atom is -0.341 e. The fourth-order valence-electron chi connectivity index (χ4n) is 3.96. The van der Waals surface area contributed by atoms with E-state index in [0.717, 1.165) is 42.7 Å². The fraction of sp³-hybridized carbons (Fsp3) is 0.600. The van der Waals surface area contributed by atoms with Crippen molar-refractivity contribution in [1.29, 1.82) is 0 Å². The van der Waals surface area contributed by atoms with Crippen molar-refractivity contribution in [2.45, 2.75) is 53.0 Å². The molecule has 0 radical (unpaired) electrons. The molecule has 1 aromatic heterocycles. The molecule has 1 amide bonds. The Kier molecular flexibility index (Phi) is 5.39. The maximum absolute atomic E-state index is 12.9. The zero-order valence-corrected chi connectivity index (χ0v) is 16.2. The molecule has 1 saturated carbocycles. The van der Waals surface area contributed by atoms with Crippen LogP contribution >= 0.6 is 0 Å². The van der Waals surface area contributed by atoms with Crippen molar-refractivity contribution in [3.63, 3.8) is 0 Å². The zero-order chi connectivity index (χ0) is 18.7. The van der Waals surface area contributed by atoms with Gasteiger partial charge in [-0.15, -0.1) is 10.2 Å². The average Bonchev–Trinajstić information content (AvgIpc) is 3.15. The van der Waals surface area contributed by atoms with E-state index in [1.807, 2.05) is 36.2 Å². The largest absolute Gasteiger partial charge is 0.341 e. The van der Waals surface area contributed by atoms with E-state index in [0.29, 0.717) is 17.8 Å². The highest BCUT2D eigenvalue weighted by Crippen LogP contribution is 2.40. The van der Waals surface area contributed by atoms with Crippen LogP contribution in [0.2, 0.25) is 0 Å². The first kappa shape index (κ1) is 18.5. The lowest BCUT2D eigenvalue weighted by Gasteiger charge is -2.37. The highest BCUT2D eigenvalue weighted by molar-refractivity contribution is 5.78. The summed E-state index contributed by atoms with van der Waals surface area (Å²) in [7, 11) is 1.90. The second-order valence-electron chi connectivity index (χ2n) is 8.54. The van der Waals surface area contributed by atoms with E-state index >= 15 is 0 Å². The monoisotopic (exact) mass is 355 g/mol. The Labute approximate surface area is 155 Å². The standard InChI is InChI=1S/C20H29N5O/c1-20(2,3)17-10-8-15(9-11-17)19(26)25(4)13-14-6-5-7-16(12-14)18-21-23-24-22-18/h5-7,12,15,17H,8-11,13H2,1-4H3,(H,21,22,23,24). The van der Waals surface area contributed by atoms with Crippen LogP contribution in [0, 0.1) is 17.3 Å². The first-order valence-electron chi connectivity index (χ1n) is 9.42. The quantitative estimate of drug-likeness (QED) is 0.908. The molecule has 6 heteroatoms. The minimum absolute atomic E-state index is 0.166. The number of H-pyrrole nitrogens is 1. The van der Waals surface area contributed by atoms with E-state index in [9.17, 15) is 4.79 Å². The van der Waals surface area contributed by atoms with Crippen LogP contribution < -0.4 is 0 Å². The van der Waals surface area contributed by atoms with Gasteiger partial charge in [0.05, 0.1) is 0 Å². The molecular weight excluding hydrogens is 326 g/mol. The highest BCUT2D eigenvalue weighted by atomic mass is 16.2. The van der Waals surface area contributed by atoms with E-state index in [2.05, 4.69) is 41.4 Å². The molecule has 1 N–H and O–H groups in total. The molecule has 0 spiro atoms. The van der Waals surface area contributed by atoms with E-state index in [1.54, 1.807) is 0 Å². The first-order valence-corrected chi connectivity index (χ1v) is 9.42. The van der Waals surface area contributed by atoms with E-state index in [1.165, 1.54) is 0 Å². The van der Waals surface area contributed by atoms with Gasteiger partial charge in [0.1, 0.15) is 0 Å². The van der Waals surface area contributed by atoms with Crippen LogP contribution in [0.25, 0.3) is 11.4 Å². The Morgan fingerprint density at radius 2 is 1.96 bits per heavy atom. The summed E-state index contributed by atoms with van der Waals surface area (Å²) in [4.78, 5) is 14.7. The van der Waals surface area contributed by atoms with Gasteiger partial charge in [0, 0.05) is 25.1 Å². The van der Waals surface area contributed by atoms with E-state index in [4.69, 9.17) is 0 Å². The number of nitrogens with zero attached hydrogens (tertiary/aromatic N) is 4. The van der Waals surface area contributed by atoms with Gasteiger partial charge in [-0.05, 0) is 53.9 Å². The van der Waals surface area contributed by atoms with Gasteiger partial charge in [-0.25, -0.2) is 0 Å². The molecule has 0 aliphatic heterocycles. The molecule has 1 aliphatic carbocycles. The van der Waals surface area contributed by atoms with Crippen molar-refractivity contribution in [2.75, 3.05) is 7.05 Å². The molecule has 3 rings (SSSR count). The number of nitrogens with one attached hydrogen (secondary N) is 1. The SMILES string of the molecule is CN(Cc1cccc(-c2nn[nH]n2)c1)C(=O)C1CCC(C(C)(C)C)CC1. The van der Waals surface area contributed by atoms with Crippen LogP contribution in [0.1, 0.15) is 52.0 Å². The summed E-state index contributed by atoms with van der Waals surface area (Å²) in [6.07, 6.45) is 4.32. The summed E-state index contributed by atoms with van der Waals surface area (Å²) in [5, 5.41) is 14.1. The Morgan fingerprint density at radius 3 is 2.58 bits per heavy atom. The third kappa shape index (κ3) is 4.29. The normalized spacial score (nSPS) is 20.8. The number of tetrazole rings is 1. The number of carbonyl (C=O) groups is 1. The molecule has 140 valence electrons. The maximum Gasteiger partial charge on any atom is 0.225 e. The maximum atomic E-state index is 12.9. The number of aromatic nitrogens is 4. The lowest BCUT2D eigenvalue weighted by Crippen LogP contribution is -2.36. The molecule has 0 atom stereocenters. The molecule has 26 heavy (non-hydrogen) atoms. The molecule has 1 aliphatic rings. The van der Waals surface area contributed by atoms with Crippen molar-refractivity contribution in [2.24, 2.45) is 17.3 Å². The van der Waals surface area contributed by atoms with Gasteiger partial charge in [0.15, 0.2) is 0 Å². The number of hydrogen-bond acceptors (Lipinski definition) is 4. The van der Waals surface area contributed by atoms with Crippen LogP contribution in [0.15, 0.2) is 24.3 Å². The van der Waals surface area contributed by atoms with Gasteiger partial charge in [0.25, 0.3) is 0 Å². The Hall–Kier alpha value is -2.24. The Morgan fingerprint density at radius 1 is 1.23 bits per heavy atom. The zero-order valence-electron chi connectivity index (χ0n) is 16.2. The predicted molar refractivity (Wildman–Crippen MR) is 101 cm³/mol. The summed E-state index contributed by atoms with van der Waals surface area (Å²) < 4.78 is 0. The van der Waals surface area contributed by atoms with Gasteiger partial charge >= 0.3 is 0 Å². The van der Waals surface area contributed by atoms with Crippen LogP contribution in [0.3, 0.4) is 0 Å². The molecule has 0 unspecified atom stereocenters. The summed E-state index contributed by atoms with van der Waals surface area (Å²) in [6, 6.07) is 7.97. The third-order valence-corrected chi connectivity index (χ3v) is 5.63. The number of rotatable bonds is 4. The van der Waals surface area contributed by atoms with Crippen molar-refractivity contribution in [3.8, 4) is 11.4 Å². The number of aromatic amines is 1. The number of hydrogen-bond donors (Lipinski definition) is 1. The molecule has 0 bridgehead atoms. The lowest BCUT2D eigenvalue weighted by atomic mass is 9.69. The predicted octanol–water partition coefficient (Wildman–Crippen LogP) is 3.68. The number of carbonyl (C=O) groups excluding carboxylic acids is 1. The minimum atomic E-state index is 0.166. The van der Waals surface area contributed by atoms with Gasteiger partial charge in [-0.1, -0.05) is 39.0 Å². The van der Waals surface area contributed by atoms with Crippen LogP contribution in [-0.2, 0) is 11.3 Å². The molecule has 1 aromatic carbocycles. The highest BCUT2D eigenvalue weighted by Gasteiger charge is 2.33. The van der Waals surface area contributed by atoms with Gasteiger partial charge < -0.3 is 4.90 Å². The number of benzene rings is 1. The lowest BCUT2D eigenvalue weighted by molar-refractivity contribution is -0.136. The van der Waals surface area contributed by atoms with Crippen LogP contribution in [-0.4, -0.2) is 38.5 Å². The van der Waals surface area contributed by atoms with Crippen molar-refractivity contribution >= 4 is 5.91 Å². The number of amides is 1. The van der Waals surface area contributed by atoms with E-state index in [-0.39, 0.29) is 11.8 Å². The summed E-state index contributed by atoms with van der Waals surface area (Å²) in [6.45, 7) is 7.53. The van der Waals surface area contributed by atoms with Crippen LogP contribution in [0.5, 0.6) is 0 Å². The summed E-state index contributed by atoms with van der Waals surface area (Å²) in [5.74, 6) is 1.73. The Bertz CT molecular complexity index is 727. The van der Waals surface area contributed by atoms with E-state index < -0.39 is 0 Å². The Balaban J connectivity index is 1.59. The second kappa shape index (κ2) is 7.56. The summed E-state index contributed by atoms with van der Waals surface area (Å²) >= 11 is 0. The topological polar surface area (TPSA) is 74.8 Å². The third-order valence-electron chi connectivity index (χ3n) is 5.63. The van der Waals surface area contributed by atoms with Crippen LogP contribution in [0.4, 0.5) is 0 Å². The molecule has 0 saturated heterocycles. The first-order chi connectivity index (χ1) is 12.3. The summed E-state index contributed by atoms with van der Waals surface area (Å²) in [5.41, 5.74) is 2.32. The van der Waals surface area contributed by atoms with Gasteiger partial charge in [0.2, 0.25) is 11.7 Å². The molecule has 6 nitrogen and oxygen atoms in total. The van der Waals surface area contributed by atoms with Crippen molar-refractivity contribution in [3.05, 3.63) is 29.8 Å².